The fourth-order valence-electron chi connectivity index (χ4n) is 2.14. The van der Waals surface area contributed by atoms with Gasteiger partial charge in [-0.1, -0.05) is 36.4 Å². The van der Waals surface area contributed by atoms with E-state index in [1.165, 1.54) is 5.06 Å². The van der Waals surface area contributed by atoms with E-state index >= 15 is 0 Å². The standard InChI is InChI=1S/C20H17N3O2/c1-23(25-20(24)16-8-4-2-5-9-16)19-14-12-18(13-15-19)22-21-17-10-6-3-7-11-17/h2-15H,1H3. The Hall–Kier alpha value is -3.47. The van der Waals surface area contributed by atoms with Crippen molar-refractivity contribution in [1.82, 2.24) is 0 Å². The summed E-state index contributed by atoms with van der Waals surface area (Å²) in [5, 5.41) is 9.77. The molecule has 0 aliphatic carbocycles. The zero-order valence-electron chi connectivity index (χ0n) is 13.7. The summed E-state index contributed by atoms with van der Waals surface area (Å²) in [4.78, 5) is 17.4. The van der Waals surface area contributed by atoms with Crippen LogP contribution in [-0.4, -0.2) is 13.0 Å². The van der Waals surface area contributed by atoms with E-state index in [1.807, 2.05) is 60.7 Å². The molecule has 0 bridgehead atoms. The molecule has 0 spiro atoms. The van der Waals surface area contributed by atoms with Crippen molar-refractivity contribution in [3.8, 4) is 0 Å². The van der Waals surface area contributed by atoms with E-state index in [-0.39, 0.29) is 0 Å². The summed E-state index contributed by atoms with van der Waals surface area (Å²) in [5.74, 6) is -0.407. The van der Waals surface area contributed by atoms with Gasteiger partial charge in [0.2, 0.25) is 0 Å². The highest BCUT2D eigenvalue weighted by atomic mass is 16.7. The maximum Gasteiger partial charge on any atom is 0.363 e. The molecule has 5 heteroatoms. The summed E-state index contributed by atoms with van der Waals surface area (Å²) in [6.45, 7) is 0. The third-order valence-corrected chi connectivity index (χ3v) is 3.48. The van der Waals surface area contributed by atoms with Gasteiger partial charge in [-0.05, 0) is 48.5 Å². The molecule has 0 saturated heterocycles. The molecule has 0 saturated carbocycles. The molecule has 0 atom stereocenters. The molecule has 0 aliphatic rings. The van der Waals surface area contributed by atoms with Crippen molar-refractivity contribution in [3.63, 3.8) is 0 Å². The number of carbonyl (C=O) groups excluding carboxylic acids is 1. The molecule has 0 amide bonds. The van der Waals surface area contributed by atoms with Crippen LogP contribution < -0.4 is 5.06 Å². The second-order valence-corrected chi connectivity index (χ2v) is 5.29. The van der Waals surface area contributed by atoms with E-state index in [4.69, 9.17) is 4.84 Å². The molecule has 0 radical (unpaired) electrons. The van der Waals surface area contributed by atoms with Gasteiger partial charge >= 0.3 is 5.97 Å². The number of hydrogen-bond donors (Lipinski definition) is 0. The summed E-state index contributed by atoms with van der Waals surface area (Å²) < 4.78 is 0. The summed E-state index contributed by atoms with van der Waals surface area (Å²) in [7, 11) is 1.68. The average molecular weight is 331 g/mol. The lowest BCUT2D eigenvalue weighted by Crippen LogP contribution is -2.22. The summed E-state index contributed by atoms with van der Waals surface area (Å²) in [5.41, 5.74) is 2.75. The van der Waals surface area contributed by atoms with Crippen LogP contribution in [0.3, 0.4) is 0 Å². The van der Waals surface area contributed by atoms with Gasteiger partial charge in [0.25, 0.3) is 0 Å². The van der Waals surface area contributed by atoms with E-state index in [9.17, 15) is 4.79 Å². The average Bonchev–Trinajstić information content (AvgIpc) is 2.68. The summed E-state index contributed by atoms with van der Waals surface area (Å²) in [6, 6.07) is 25.6. The zero-order valence-corrected chi connectivity index (χ0v) is 13.7. The lowest BCUT2D eigenvalue weighted by molar-refractivity contribution is 0.0478. The first kappa shape index (κ1) is 16.4. The molecule has 5 nitrogen and oxygen atoms in total. The number of hydrogen-bond acceptors (Lipinski definition) is 5. The van der Waals surface area contributed by atoms with Crippen molar-refractivity contribution in [1.29, 1.82) is 0 Å². The van der Waals surface area contributed by atoms with Gasteiger partial charge in [-0.3, -0.25) is 0 Å². The number of hydroxylamine groups is 1. The Morgan fingerprint density at radius 2 is 1.28 bits per heavy atom. The van der Waals surface area contributed by atoms with E-state index < -0.39 is 5.97 Å². The third kappa shape index (κ3) is 4.51. The Balaban J connectivity index is 1.63. The van der Waals surface area contributed by atoms with Crippen LogP contribution in [0.15, 0.2) is 95.2 Å². The monoisotopic (exact) mass is 331 g/mol. The first-order chi connectivity index (χ1) is 12.2. The van der Waals surface area contributed by atoms with E-state index in [0.717, 1.165) is 17.1 Å². The van der Waals surface area contributed by atoms with Crippen molar-refractivity contribution < 1.29 is 9.63 Å². The molecular formula is C20H17N3O2. The van der Waals surface area contributed by atoms with Gasteiger partial charge < -0.3 is 4.84 Å². The molecule has 0 aromatic heterocycles. The fraction of sp³-hybridized carbons (Fsp3) is 0.0500. The maximum absolute atomic E-state index is 12.1. The number of azo groups is 1. The lowest BCUT2D eigenvalue weighted by Gasteiger charge is -2.18. The number of anilines is 1. The normalized spacial score (nSPS) is 10.6. The van der Waals surface area contributed by atoms with Crippen LogP contribution >= 0.6 is 0 Å². The van der Waals surface area contributed by atoms with Crippen molar-refractivity contribution in [2.24, 2.45) is 10.2 Å². The van der Waals surface area contributed by atoms with Crippen molar-refractivity contribution in [2.45, 2.75) is 0 Å². The molecule has 3 aromatic carbocycles. The Labute approximate surface area is 146 Å². The van der Waals surface area contributed by atoms with Crippen LogP contribution in [0.4, 0.5) is 17.1 Å². The van der Waals surface area contributed by atoms with E-state index in [0.29, 0.717) is 5.56 Å². The van der Waals surface area contributed by atoms with Crippen LogP contribution in [0, 0.1) is 0 Å². The topological polar surface area (TPSA) is 54.3 Å². The Kier molecular flexibility index (Phi) is 5.16. The van der Waals surface area contributed by atoms with E-state index in [1.54, 1.807) is 31.3 Å². The van der Waals surface area contributed by atoms with Crippen LogP contribution in [0.5, 0.6) is 0 Å². The highest BCUT2D eigenvalue weighted by Crippen LogP contribution is 2.22. The fourth-order valence-corrected chi connectivity index (χ4v) is 2.14. The predicted molar refractivity (Wildman–Crippen MR) is 97.3 cm³/mol. The minimum Gasteiger partial charge on any atom is -0.336 e. The highest BCUT2D eigenvalue weighted by molar-refractivity contribution is 5.89. The SMILES string of the molecule is CN(OC(=O)c1ccccc1)c1ccc(N=Nc2ccccc2)cc1. The second kappa shape index (κ2) is 7.88. The number of carbonyl (C=O) groups is 1. The molecule has 0 fully saturated rings. The van der Waals surface area contributed by atoms with Gasteiger partial charge in [0.05, 0.1) is 22.6 Å². The van der Waals surface area contributed by atoms with Crippen LogP contribution in [0.2, 0.25) is 0 Å². The molecular weight excluding hydrogens is 314 g/mol. The highest BCUT2D eigenvalue weighted by Gasteiger charge is 2.10. The van der Waals surface area contributed by atoms with Crippen LogP contribution in [-0.2, 0) is 4.84 Å². The van der Waals surface area contributed by atoms with E-state index in [2.05, 4.69) is 10.2 Å². The van der Waals surface area contributed by atoms with Gasteiger partial charge in [0, 0.05) is 7.05 Å². The van der Waals surface area contributed by atoms with Gasteiger partial charge in [0.15, 0.2) is 0 Å². The Morgan fingerprint density at radius 1 is 0.760 bits per heavy atom. The third-order valence-electron chi connectivity index (χ3n) is 3.48. The smallest absolute Gasteiger partial charge is 0.336 e. The van der Waals surface area contributed by atoms with Crippen LogP contribution in [0.1, 0.15) is 10.4 Å². The second-order valence-electron chi connectivity index (χ2n) is 5.29. The lowest BCUT2D eigenvalue weighted by atomic mass is 10.2. The number of rotatable bonds is 5. The molecule has 3 rings (SSSR count). The largest absolute Gasteiger partial charge is 0.363 e. The predicted octanol–water partition coefficient (Wildman–Crippen LogP) is 5.31. The molecule has 0 N–H and O–H groups in total. The molecule has 0 aliphatic heterocycles. The van der Waals surface area contributed by atoms with Gasteiger partial charge in [-0.15, -0.1) is 0 Å². The summed E-state index contributed by atoms with van der Waals surface area (Å²) >= 11 is 0. The molecule has 3 aromatic rings. The molecule has 0 heterocycles. The summed E-state index contributed by atoms with van der Waals surface area (Å²) in [6.07, 6.45) is 0. The van der Waals surface area contributed by atoms with Crippen molar-refractivity contribution in [3.05, 3.63) is 90.5 Å². The first-order valence-electron chi connectivity index (χ1n) is 7.80. The molecule has 124 valence electrons. The first-order valence-corrected chi connectivity index (χ1v) is 7.80. The van der Waals surface area contributed by atoms with Gasteiger partial charge in [-0.25, -0.2) is 9.86 Å². The maximum atomic E-state index is 12.1. The quantitative estimate of drug-likeness (QED) is 0.470. The van der Waals surface area contributed by atoms with Gasteiger partial charge in [-0.2, -0.15) is 10.2 Å². The Bertz CT molecular complexity index is 847. The van der Waals surface area contributed by atoms with Crippen molar-refractivity contribution in [2.75, 3.05) is 12.1 Å². The Morgan fingerprint density at radius 3 is 1.88 bits per heavy atom. The zero-order chi connectivity index (χ0) is 17.5. The number of nitrogens with zero attached hydrogens (tertiary/aromatic N) is 3. The number of benzene rings is 3. The van der Waals surface area contributed by atoms with Crippen LogP contribution in [0.25, 0.3) is 0 Å². The van der Waals surface area contributed by atoms with Crippen molar-refractivity contribution >= 4 is 23.0 Å². The van der Waals surface area contributed by atoms with Gasteiger partial charge in [0.1, 0.15) is 0 Å². The molecule has 25 heavy (non-hydrogen) atoms. The minimum absolute atomic E-state index is 0.407. The molecule has 0 unspecified atom stereocenters. The minimum atomic E-state index is -0.407.